The molecule has 2 aromatic carbocycles. The summed E-state index contributed by atoms with van der Waals surface area (Å²) in [6, 6.07) is 10.6. The van der Waals surface area contributed by atoms with Gasteiger partial charge in [-0.2, -0.15) is 0 Å². The summed E-state index contributed by atoms with van der Waals surface area (Å²) in [5.74, 6) is -0.228. The molecule has 5 heteroatoms. The van der Waals surface area contributed by atoms with Gasteiger partial charge in [-0.15, -0.1) is 0 Å². The Bertz CT molecular complexity index is 623. The van der Waals surface area contributed by atoms with E-state index >= 15 is 0 Å². The van der Waals surface area contributed by atoms with E-state index in [1.807, 2.05) is 13.0 Å². The van der Waals surface area contributed by atoms with Crippen molar-refractivity contribution in [2.24, 2.45) is 0 Å². The molecule has 0 spiro atoms. The normalized spacial score (nSPS) is 10.3. The van der Waals surface area contributed by atoms with Crippen molar-refractivity contribution in [2.75, 3.05) is 5.32 Å². The molecule has 0 atom stereocenters. The van der Waals surface area contributed by atoms with Crippen LogP contribution in [0.1, 0.15) is 15.9 Å². The lowest BCUT2D eigenvalue weighted by Gasteiger charge is -2.09. The highest BCUT2D eigenvalue weighted by Gasteiger charge is 2.11. The number of nitrogens with one attached hydrogen (secondary N) is 1. The maximum Gasteiger partial charge on any atom is 0.255 e. The number of carbonyl (C=O) groups excluding carboxylic acids is 1. The van der Waals surface area contributed by atoms with Crippen LogP contribution in [0.3, 0.4) is 0 Å². The number of hydrogen-bond donors (Lipinski definition) is 1. The number of benzene rings is 2. The Balaban J connectivity index is 2.28. The van der Waals surface area contributed by atoms with Gasteiger partial charge in [0.25, 0.3) is 5.91 Å². The highest BCUT2D eigenvalue weighted by Crippen LogP contribution is 2.30. The average molecular weight is 359 g/mol. The molecule has 0 aromatic heterocycles. The lowest BCUT2D eigenvalue weighted by molar-refractivity contribution is 0.102. The molecule has 0 saturated heterocycles. The predicted octanol–water partition coefficient (Wildman–Crippen LogP) is 5.32. The molecule has 2 aromatic rings. The standard InChI is InChI=1S/C14H10BrCl2NO/c1-8-5-9(7-10(15)6-8)14(19)18-12-4-2-3-11(16)13(12)17/h2-7H,1H3,(H,18,19). The minimum Gasteiger partial charge on any atom is -0.321 e. The van der Waals surface area contributed by atoms with Gasteiger partial charge in [-0.1, -0.05) is 45.2 Å². The molecule has 0 bridgehead atoms. The number of aryl methyl sites for hydroxylation is 1. The molecule has 2 rings (SSSR count). The summed E-state index contributed by atoms with van der Waals surface area (Å²) < 4.78 is 0.856. The molecule has 19 heavy (non-hydrogen) atoms. The first-order valence-corrected chi connectivity index (χ1v) is 7.05. The van der Waals surface area contributed by atoms with Gasteiger partial charge in [0.2, 0.25) is 0 Å². The molecular formula is C14H10BrCl2NO. The van der Waals surface area contributed by atoms with Crippen molar-refractivity contribution in [3.63, 3.8) is 0 Å². The number of rotatable bonds is 2. The van der Waals surface area contributed by atoms with Crippen molar-refractivity contribution in [1.29, 1.82) is 0 Å². The summed E-state index contributed by atoms with van der Waals surface area (Å²) in [4.78, 5) is 12.1. The Morgan fingerprint density at radius 3 is 2.63 bits per heavy atom. The smallest absolute Gasteiger partial charge is 0.255 e. The van der Waals surface area contributed by atoms with Crippen molar-refractivity contribution in [3.05, 3.63) is 62.0 Å². The van der Waals surface area contributed by atoms with Crippen LogP contribution < -0.4 is 5.32 Å². The van der Waals surface area contributed by atoms with Gasteiger partial charge in [-0.25, -0.2) is 0 Å². The molecule has 0 aliphatic rings. The summed E-state index contributed by atoms with van der Waals surface area (Å²) in [6.07, 6.45) is 0. The van der Waals surface area contributed by atoms with E-state index in [2.05, 4.69) is 21.2 Å². The molecule has 0 radical (unpaired) electrons. The third-order valence-electron chi connectivity index (χ3n) is 2.50. The van der Waals surface area contributed by atoms with Crippen LogP contribution in [0.4, 0.5) is 5.69 Å². The topological polar surface area (TPSA) is 29.1 Å². The van der Waals surface area contributed by atoms with Gasteiger partial charge in [-0.3, -0.25) is 4.79 Å². The zero-order valence-corrected chi connectivity index (χ0v) is 13.1. The summed E-state index contributed by atoms with van der Waals surface area (Å²) in [5, 5.41) is 3.49. The number of carbonyl (C=O) groups is 1. The molecule has 98 valence electrons. The van der Waals surface area contributed by atoms with E-state index in [9.17, 15) is 4.79 Å². The van der Waals surface area contributed by atoms with Crippen LogP contribution in [0.2, 0.25) is 10.0 Å². The second kappa shape index (κ2) is 5.95. The largest absolute Gasteiger partial charge is 0.321 e. The molecule has 0 unspecified atom stereocenters. The SMILES string of the molecule is Cc1cc(Br)cc(C(=O)Nc2cccc(Cl)c2Cl)c1. The van der Waals surface area contributed by atoms with E-state index in [0.717, 1.165) is 10.0 Å². The Labute approximate surface area is 129 Å². The monoisotopic (exact) mass is 357 g/mol. The highest BCUT2D eigenvalue weighted by molar-refractivity contribution is 9.10. The summed E-state index contributed by atoms with van der Waals surface area (Å²) in [6.45, 7) is 1.92. The van der Waals surface area contributed by atoms with Crippen LogP contribution in [0, 0.1) is 6.92 Å². The second-order valence-corrected chi connectivity index (χ2v) is 5.77. The first-order chi connectivity index (χ1) is 8.97. The number of amides is 1. The van der Waals surface area contributed by atoms with Crippen molar-refractivity contribution in [1.82, 2.24) is 0 Å². The molecule has 0 saturated carbocycles. The van der Waals surface area contributed by atoms with Crippen LogP contribution in [-0.2, 0) is 0 Å². The Morgan fingerprint density at radius 2 is 1.95 bits per heavy atom. The fourth-order valence-electron chi connectivity index (χ4n) is 1.66. The van der Waals surface area contributed by atoms with E-state index in [0.29, 0.717) is 21.3 Å². The van der Waals surface area contributed by atoms with E-state index < -0.39 is 0 Å². The van der Waals surface area contributed by atoms with Gasteiger partial charge in [-0.05, 0) is 42.8 Å². The minimum atomic E-state index is -0.228. The van der Waals surface area contributed by atoms with Gasteiger partial charge >= 0.3 is 0 Å². The zero-order valence-electron chi connectivity index (χ0n) is 10.0. The van der Waals surface area contributed by atoms with Gasteiger partial charge < -0.3 is 5.32 Å². The van der Waals surface area contributed by atoms with Crippen LogP contribution >= 0.6 is 39.1 Å². The Hall–Kier alpha value is -1.03. The lowest BCUT2D eigenvalue weighted by atomic mass is 10.1. The molecule has 1 N–H and O–H groups in total. The summed E-state index contributed by atoms with van der Waals surface area (Å²) in [7, 11) is 0. The number of halogens is 3. The number of hydrogen-bond acceptors (Lipinski definition) is 1. The minimum absolute atomic E-state index is 0.228. The average Bonchev–Trinajstić information content (AvgIpc) is 2.33. The van der Waals surface area contributed by atoms with Gasteiger partial charge in [0, 0.05) is 10.0 Å². The van der Waals surface area contributed by atoms with Crippen LogP contribution in [-0.4, -0.2) is 5.91 Å². The molecule has 1 amide bonds. The van der Waals surface area contributed by atoms with Gasteiger partial charge in [0.15, 0.2) is 0 Å². The van der Waals surface area contributed by atoms with E-state index in [1.54, 1.807) is 30.3 Å². The Kier molecular flexibility index (Phi) is 4.50. The van der Waals surface area contributed by atoms with Crippen LogP contribution in [0.5, 0.6) is 0 Å². The second-order valence-electron chi connectivity index (χ2n) is 4.07. The van der Waals surface area contributed by atoms with Crippen molar-refractivity contribution in [3.8, 4) is 0 Å². The summed E-state index contributed by atoms with van der Waals surface area (Å²) >= 11 is 15.3. The third kappa shape index (κ3) is 3.50. The van der Waals surface area contributed by atoms with Crippen LogP contribution in [0.15, 0.2) is 40.9 Å². The van der Waals surface area contributed by atoms with E-state index in [4.69, 9.17) is 23.2 Å². The predicted molar refractivity (Wildman–Crippen MR) is 83.3 cm³/mol. The molecule has 0 heterocycles. The van der Waals surface area contributed by atoms with Gasteiger partial charge in [0.1, 0.15) is 0 Å². The fraction of sp³-hybridized carbons (Fsp3) is 0.0714. The van der Waals surface area contributed by atoms with Gasteiger partial charge in [0.05, 0.1) is 15.7 Å². The lowest BCUT2D eigenvalue weighted by Crippen LogP contribution is -2.12. The van der Waals surface area contributed by atoms with Crippen molar-refractivity contribution < 1.29 is 4.79 Å². The van der Waals surface area contributed by atoms with Crippen molar-refractivity contribution in [2.45, 2.75) is 6.92 Å². The quantitative estimate of drug-likeness (QED) is 0.773. The van der Waals surface area contributed by atoms with E-state index in [-0.39, 0.29) is 5.91 Å². The maximum atomic E-state index is 12.1. The maximum absolute atomic E-state index is 12.1. The zero-order chi connectivity index (χ0) is 14.0. The summed E-state index contributed by atoms with van der Waals surface area (Å²) in [5.41, 5.74) is 2.05. The Morgan fingerprint density at radius 1 is 1.21 bits per heavy atom. The third-order valence-corrected chi connectivity index (χ3v) is 3.78. The fourth-order valence-corrected chi connectivity index (χ4v) is 2.62. The van der Waals surface area contributed by atoms with E-state index in [1.165, 1.54) is 0 Å². The molecule has 2 nitrogen and oxygen atoms in total. The van der Waals surface area contributed by atoms with Crippen LogP contribution in [0.25, 0.3) is 0 Å². The number of anilines is 1. The highest BCUT2D eigenvalue weighted by atomic mass is 79.9. The first-order valence-electron chi connectivity index (χ1n) is 5.50. The molecular weight excluding hydrogens is 349 g/mol. The molecule has 0 fully saturated rings. The molecule has 0 aliphatic carbocycles. The van der Waals surface area contributed by atoms with Crippen molar-refractivity contribution >= 4 is 50.7 Å². The first kappa shape index (κ1) is 14.4. The molecule has 0 aliphatic heterocycles.